The van der Waals surface area contributed by atoms with Gasteiger partial charge in [-0.05, 0) is 42.0 Å². The van der Waals surface area contributed by atoms with Crippen LogP contribution in [0.2, 0.25) is 0 Å². The van der Waals surface area contributed by atoms with E-state index in [1.54, 1.807) is 0 Å². The summed E-state index contributed by atoms with van der Waals surface area (Å²) >= 11 is 0. The summed E-state index contributed by atoms with van der Waals surface area (Å²) in [5, 5.41) is 2.28. The number of aromatic nitrogens is 1. The summed E-state index contributed by atoms with van der Waals surface area (Å²) < 4.78 is 0. The Morgan fingerprint density at radius 2 is 1.70 bits per heavy atom. The molecule has 0 aliphatic heterocycles. The minimum Gasteiger partial charge on any atom is -0.318 e. The molecule has 3 aromatic rings. The van der Waals surface area contributed by atoms with Gasteiger partial charge in [-0.2, -0.15) is 0 Å². The van der Waals surface area contributed by atoms with E-state index in [4.69, 9.17) is 5.73 Å². The lowest BCUT2D eigenvalue weighted by Crippen LogP contribution is -2.35. The molecule has 3 rings (SSSR count). The van der Waals surface area contributed by atoms with E-state index in [0.29, 0.717) is 0 Å². The number of hydrogen-bond donors (Lipinski definition) is 1. The molecule has 2 nitrogen and oxygen atoms in total. The molecule has 1 atom stereocenters. The maximum atomic E-state index is 6.70. The van der Waals surface area contributed by atoms with Crippen LogP contribution in [-0.4, -0.2) is 4.98 Å². The van der Waals surface area contributed by atoms with E-state index in [1.165, 1.54) is 10.9 Å². The van der Waals surface area contributed by atoms with Crippen LogP contribution in [0.25, 0.3) is 10.8 Å². The molecule has 20 heavy (non-hydrogen) atoms. The van der Waals surface area contributed by atoms with E-state index < -0.39 is 5.54 Å². The van der Waals surface area contributed by atoms with Crippen molar-refractivity contribution in [2.45, 2.75) is 19.4 Å². The predicted molar refractivity (Wildman–Crippen MR) is 83.6 cm³/mol. The molecule has 1 unspecified atom stereocenters. The lowest BCUT2D eigenvalue weighted by Gasteiger charge is -2.29. The molecule has 0 radical (unpaired) electrons. The van der Waals surface area contributed by atoms with Crippen molar-refractivity contribution in [1.29, 1.82) is 0 Å². The molecule has 0 amide bonds. The number of aryl methyl sites for hydroxylation is 1. The quantitative estimate of drug-likeness (QED) is 0.763. The highest BCUT2D eigenvalue weighted by atomic mass is 14.7. The van der Waals surface area contributed by atoms with Gasteiger partial charge in [0.1, 0.15) is 0 Å². The van der Waals surface area contributed by atoms with Gasteiger partial charge in [0.05, 0.1) is 5.54 Å². The molecule has 2 heteroatoms. The summed E-state index contributed by atoms with van der Waals surface area (Å²) in [7, 11) is 0. The van der Waals surface area contributed by atoms with Crippen molar-refractivity contribution >= 4 is 10.8 Å². The van der Waals surface area contributed by atoms with Crippen molar-refractivity contribution in [2.24, 2.45) is 5.73 Å². The van der Waals surface area contributed by atoms with E-state index in [9.17, 15) is 0 Å². The van der Waals surface area contributed by atoms with Gasteiger partial charge in [-0.15, -0.1) is 0 Å². The van der Waals surface area contributed by atoms with Crippen LogP contribution < -0.4 is 5.73 Å². The highest BCUT2D eigenvalue weighted by Gasteiger charge is 2.26. The van der Waals surface area contributed by atoms with Crippen molar-refractivity contribution in [3.8, 4) is 0 Å². The van der Waals surface area contributed by atoms with E-state index in [-0.39, 0.29) is 0 Å². The Labute approximate surface area is 119 Å². The SMILES string of the molecule is Cc1ccccc1C(C)(N)c1cccc2ccncc12. The molecule has 100 valence electrons. The van der Waals surface area contributed by atoms with Gasteiger partial charge < -0.3 is 5.73 Å². The van der Waals surface area contributed by atoms with Crippen LogP contribution in [0.1, 0.15) is 23.6 Å². The maximum absolute atomic E-state index is 6.70. The van der Waals surface area contributed by atoms with E-state index in [2.05, 4.69) is 49.2 Å². The van der Waals surface area contributed by atoms with E-state index in [0.717, 1.165) is 16.5 Å². The molecule has 0 bridgehead atoms. The van der Waals surface area contributed by atoms with Gasteiger partial charge in [-0.25, -0.2) is 0 Å². The first-order valence-electron chi connectivity index (χ1n) is 6.79. The molecule has 0 aliphatic carbocycles. The fourth-order valence-corrected chi connectivity index (χ4v) is 2.87. The first-order valence-corrected chi connectivity index (χ1v) is 6.79. The Morgan fingerprint density at radius 1 is 0.950 bits per heavy atom. The van der Waals surface area contributed by atoms with Crippen molar-refractivity contribution < 1.29 is 0 Å². The van der Waals surface area contributed by atoms with Crippen LogP contribution in [0.5, 0.6) is 0 Å². The lowest BCUT2D eigenvalue weighted by molar-refractivity contribution is 0.604. The number of pyridine rings is 1. The summed E-state index contributed by atoms with van der Waals surface area (Å²) in [5.41, 5.74) is 9.63. The average molecular weight is 262 g/mol. The van der Waals surface area contributed by atoms with Crippen LogP contribution in [0.4, 0.5) is 0 Å². The molecule has 1 aromatic heterocycles. The predicted octanol–water partition coefficient (Wildman–Crippen LogP) is 3.77. The molecule has 1 heterocycles. The zero-order valence-electron chi connectivity index (χ0n) is 11.8. The van der Waals surface area contributed by atoms with Gasteiger partial charge in [0, 0.05) is 17.8 Å². The van der Waals surface area contributed by atoms with Crippen molar-refractivity contribution in [3.05, 3.63) is 77.6 Å². The van der Waals surface area contributed by atoms with Crippen molar-refractivity contribution in [1.82, 2.24) is 4.98 Å². The number of fused-ring (bicyclic) bond motifs is 1. The topological polar surface area (TPSA) is 38.9 Å². The third-order valence-corrected chi connectivity index (χ3v) is 3.95. The monoisotopic (exact) mass is 262 g/mol. The van der Waals surface area contributed by atoms with Gasteiger partial charge in [0.15, 0.2) is 0 Å². The minimum atomic E-state index is -0.534. The van der Waals surface area contributed by atoms with Crippen molar-refractivity contribution in [3.63, 3.8) is 0 Å². The first-order chi connectivity index (χ1) is 9.60. The Kier molecular flexibility index (Phi) is 3.03. The summed E-state index contributed by atoms with van der Waals surface area (Å²) in [6, 6.07) is 16.5. The molecule has 0 aliphatic rings. The Bertz CT molecular complexity index is 755. The van der Waals surface area contributed by atoms with Gasteiger partial charge in [0.25, 0.3) is 0 Å². The molecule has 0 saturated heterocycles. The summed E-state index contributed by atoms with van der Waals surface area (Å²) in [6.07, 6.45) is 3.71. The van der Waals surface area contributed by atoms with Crippen molar-refractivity contribution in [2.75, 3.05) is 0 Å². The van der Waals surface area contributed by atoms with Crippen LogP contribution >= 0.6 is 0 Å². The Hall–Kier alpha value is -2.19. The van der Waals surface area contributed by atoms with Crippen LogP contribution in [0.3, 0.4) is 0 Å². The molecule has 0 saturated carbocycles. The smallest absolute Gasteiger partial charge is 0.0646 e. The van der Waals surface area contributed by atoms with Gasteiger partial charge >= 0.3 is 0 Å². The zero-order chi connectivity index (χ0) is 14.2. The van der Waals surface area contributed by atoms with Crippen LogP contribution in [0.15, 0.2) is 60.9 Å². The lowest BCUT2D eigenvalue weighted by atomic mass is 9.81. The number of hydrogen-bond acceptors (Lipinski definition) is 2. The minimum absolute atomic E-state index is 0.534. The fourth-order valence-electron chi connectivity index (χ4n) is 2.87. The molecule has 2 N–H and O–H groups in total. The molecule has 0 fully saturated rings. The number of benzene rings is 2. The molecule has 2 aromatic carbocycles. The zero-order valence-corrected chi connectivity index (χ0v) is 11.8. The summed E-state index contributed by atoms with van der Waals surface area (Å²) in [6.45, 7) is 4.17. The maximum Gasteiger partial charge on any atom is 0.0646 e. The number of nitrogens with two attached hydrogens (primary N) is 1. The van der Waals surface area contributed by atoms with Crippen LogP contribution in [-0.2, 0) is 5.54 Å². The molecular weight excluding hydrogens is 244 g/mol. The largest absolute Gasteiger partial charge is 0.318 e. The highest BCUT2D eigenvalue weighted by molar-refractivity contribution is 5.86. The average Bonchev–Trinajstić information content (AvgIpc) is 2.47. The third kappa shape index (κ3) is 1.98. The van der Waals surface area contributed by atoms with Gasteiger partial charge in [0.2, 0.25) is 0 Å². The Morgan fingerprint density at radius 3 is 2.50 bits per heavy atom. The standard InChI is InChI=1S/C18H18N2/c1-13-6-3-4-8-16(13)18(2,19)17-9-5-7-14-10-11-20-12-15(14)17/h3-12H,19H2,1-2H3. The summed E-state index contributed by atoms with van der Waals surface area (Å²) in [5.74, 6) is 0. The normalized spacial score (nSPS) is 14.2. The fraction of sp³-hybridized carbons (Fsp3) is 0.167. The third-order valence-electron chi connectivity index (χ3n) is 3.95. The molecular formula is C18H18N2. The Balaban J connectivity index is 2.27. The van der Waals surface area contributed by atoms with Gasteiger partial charge in [-0.1, -0.05) is 42.5 Å². The highest BCUT2D eigenvalue weighted by Crippen LogP contribution is 2.33. The van der Waals surface area contributed by atoms with Gasteiger partial charge in [-0.3, -0.25) is 4.98 Å². The summed E-state index contributed by atoms with van der Waals surface area (Å²) in [4.78, 5) is 4.25. The van der Waals surface area contributed by atoms with E-state index >= 15 is 0 Å². The second-order valence-corrected chi connectivity index (χ2v) is 5.42. The number of nitrogens with zero attached hydrogens (tertiary/aromatic N) is 1. The second-order valence-electron chi connectivity index (χ2n) is 5.42. The van der Waals surface area contributed by atoms with Crippen LogP contribution in [0, 0.1) is 6.92 Å². The van der Waals surface area contributed by atoms with E-state index in [1.807, 2.05) is 30.6 Å². The number of rotatable bonds is 2. The first kappa shape index (κ1) is 12.8. The second kappa shape index (κ2) is 4.73. The molecule has 0 spiro atoms.